The molecule has 1 aromatic rings. The zero-order chi connectivity index (χ0) is 13.8. The first kappa shape index (κ1) is 14.6. The van der Waals surface area contributed by atoms with Gasteiger partial charge in [0, 0.05) is 6.08 Å². The highest BCUT2D eigenvalue weighted by Crippen LogP contribution is 2.37. The molecule has 0 unspecified atom stereocenters. The summed E-state index contributed by atoms with van der Waals surface area (Å²) in [6, 6.07) is 3.71. The van der Waals surface area contributed by atoms with Gasteiger partial charge in [0.1, 0.15) is 5.75 Å². The maximum absolute atomic E-state index is 10.5. The molecule has 0 amide bonds. The van der Waals surface area contributed by atoms with Crippen molar-refractivity contribution in [2.75, 3.05) is 0 Å². The van der Waals surface area contributed by atoms with Crippen molar-refractivity contribution in [3.8, 4) is 5.75 Å². The third kappa shape index (κ3) is 4.08. The Labute approximate surface area is 128 Å². The predicted molar refractivity (Wildman–Crippen MR) is 81.4 cm³/mol. The van der Waals surface area contributed by atoms with E-state index in [2.05, 4.69) is 31.9 Å². The fraction of sp³-hybridized carbons (Fsp3) is 0.357. The Kier molecular flexibility index (Phi) is 5.05. The van der Waals surface area contributed by atoms with Crippen molar-refractivity contribution in [3.05, 3.63) is 32.7 Å². The number of carboxylic acids is 1. The lowest BCUT2D eigenvalue weighted by Crippen LogP contribution is -2.11. The molecule has 1 N–H and O–H groups in total. The minimum atomic E-state index is -0.960. The highest BCUT2D eigenvalue weighted by molar-refractivity contribution is 9.11. The Bertz CT molecular complexity index is 482. The Hall–Kier alpha value is -0.810. The molecule has 0 aromatic heterocycles. The Morgan fingerprint density at radius 2 is 1.84 bits per heavy atom. The lowest BCUT2D eigenvalue weighted by atomic mass is 10.2. The average molecular weight is 390 g/mol. The highest BCUT2D eigenvalue weighted by Gasteiger charge is 2.19. The molecule has 102 valence electrons. The van der Waals surface area contributed by atoms with Crippen LogP contribution in [0.2, 0.25) is 0 Å². The molecule has 0 spiro atoms. The van der Waals surface area contributed by atoms with E-state index in [4.69, 9.17) is 9.84 Å². The van der Waals surface area contributed by atoms with E-state index in [0.717, 1.165) is 39.2 Å². The SMILES string of the molecule is O=C(O)/C=C/c1cc(Br)c(OC2CCCC2)c(Br)c1. The van der Waals surface area contributed by atoms with Crippen LogP contribution in [0, 0.1) is 0 Å². The van der Waals surface area contributed by atoms with Crippen LogP contribution in [0.4, 0.5) is 0 Å². The molecule has 0 radical (unpaired) electrons. The molecular formula is C14H14Br2O3. The van der Waals surface area contributed by atoms with Gasteiger partial charge in [-0.15, -0.1) is 0 Å². The number of ether oxygens (including phenoxy) is 1. The van der Waals surface area contributed by atoms with Gasteiger partial charge in [-0.1, -0.05) is 0 Å². The van der Waals surface area contributed by atoms with E-state index in [1.54, 1.807) is 6.08 Å². The van der Waals surface area contributed by atoms with E-state index >= 15 is 0 Å². The van der Waals surface area contributed by atoms with Gasteiger partial charge in [-0.2, -0.15) is 0 Å². The number of rotatable bonds is 4. The molecule has 0 atom stereocenters. The molecule has 1 fully saturated rings. The summed E-state index contributed by atoms with van der Waals surface area (Å²) in [4.78, 5) is 10.5. The van der Waals surface area contributed by atoms with Crippen LogP contribution in [0.3, 0.4) is 0 Å². The second-order valence-electron chi connectivity index (χ2n) is 4.51. The largest absolute Gasteiger partial charge is 0.488 e. The zero-order valence-corrected chi connectivity index (χ0v) is 13.4. The third-order valence-electron chi connectivity index (χ3n) is 3.03. The minimum Gasteiger partial charge on any atom is -0.488 e. The molecule has 5 heteroatoms. The smallest absolute Gasteiger partial charge is 0.328 e. The fourth-order valence-electron chi connectivity index (χ4n) is 2.13. The van der Waals surface area contributed by atoms with Gasteiger partial charge in [-0.25, -0.2) is 4.79 Å². The van der Waals surface area contributed by atoms with Crippen molar-refractivity contribution in [2.24, 2.45) is 0 Å². The summed E-state index contributed by atoms with van der Waals surface area (Å²) in [5.41, 5.74) is 0.805. The van der Waals surface area contributed by atoms with Gasteiger partial charge >= 0.3 is 5.97 Å². The molecule has 0 bridgehead atoms. The van der Waals surface area contributed by atoms with Crippen LogP contribution in [0.5, 0.6) is 5.75 Å². The van der Waals surface area contributed by atoms with Gasteiger partial charge in [0.15, 0.2) is 0 Å². The molecule has 19 heavy (non-hydrogen) atoms. The van der Waals surface area contributed by atoms with E-state index in [0.29, 0.717) is 0 Å². The highest BCUT2D eigenvalue weighted by atomic mass is 79.9. The number of hydrogen-bond acceptors (Lipinski definition) is 2. The summed E-state index contributed by atoms with van der Waals surface area (Å²) >= 11 is 6.95. The van der Waals surface area contributed by atoms with Crippen LogP contribution in [0.1, 0.15) is 31.2 Å². The number of carboxylic acid groups (broad SMARTS) is 1. The molecule has 0 heterocycles. The van der Waals surface area contributed by atoms with Crippen molar-refractivity contribution < 1.29 is 14.6 Å². The van der Waals surface area contributed by atoms with Gasteiger partial charge in [0.25, 0.3) is 0 Å². The van der Waals surface area contributed by atoms with Crippen LogP contribution in [0.15, 0.2) is 27.2 Å². The van der Waals surface area contributed by atoms with Gasteiger partial charge in [-0.3, -0.25) is 0 Å². The molecule has 1 aliphatic carbocycles. The van der Waals surface area contributed by atoms with E-state index in [1.807, 2.05) is 12.1 Å². The minimum absolute atomic E-state index is 0.285. The van der Waals surface area contributed by atoms with Crippen molar-refractivity contribution >= 4 is 43.9 Å². The van der Waals surface area contributed by atoms with Crippen molar-refractivity contribution in [3.63, 3.8) is 0 Å². The first-order valence-electron chi connectivity index (χ1n) is 6.13. The Morgan fingerprint density at radius 3 is 2.37 bits per heavy atom. The quantitative estimate of drug-likeness (QED) is 0.763. The number of halogens is 2. The number of hydrogen-bond donors (Lipinski definition) is 1. The van der Waals surface area contributed by atoms with Gasteiger partial charge < -0.3 is 9.84 Å². The standard InChI is InChI=1S/C14H14Br2O3/c15-11-7-9(5-6-13(17)18)8-12(16)14(11)19-10-3-1-2-4-10/h5-8,10H,1-4H2,(H,17,18)/b6-5+. The van der Waals surface area contributed by atoms with Gasteiger partial charge in [0.05, 0.1) is 15.0 Å². The summed E-state index contributed by atoms with van der Waals surface area (Å²) in [7, 11) is 0. The number of carbonyl (C=O) groups is 1. The van der Waals surface area contributed by atoms with E-state index in [1.165, 1.54) is 12.8 Å². The third-order valence-corrected chi connectivity index (χ3v) is 4.20. The summed E-state index contributed by atoms with van der Waals surface area (Å²) in [5, 5.41) is 8.62. The molecule has 3 nitrogen and oxygen atoms in total. The number of aliphatic carboxylic acids is 1. The number of benzene rings is 1. The molecule has 0 aliphatic heterocycles. The monoisotopic (exact) mass is 388 g/mol. The Balaban J connectivity index is 2.18. The van der Waals surface area contributed by atoms with E-state index < -0.39 is 5.97 Å². The summed E-state index contributed by atoms with van der Waals surface area (Å²) in [5.74, 6) is -0.169. The van der Waals surface area contributed by atoms with Crippen molar-refractivity contribution in [1.82, 2.24) is 0 Å². The van der Waals surface area contributed by atoms with Crippen LogP contribution >= 0.6 is 31.9 Å². The second-order valence-corrected chi connectivity index (χ2v) is 6.22. The van der Waals surface area contributed by atoms with Gasteiger partial charge in [-0.05, 0) is 81.3 Å². The lowest BCUT2D eigenvalue weighted by Gasteiger charge is -2.16. The van der Waals surface area contributed by atoms with Crippen LogP contribution < -0.4 is 4.74 Å². The normalized spacial score (nSPS) is 16.1. The second kappa shape index (κ2) is 6.57. The van der Waals surface area contributed by atoms with Crippen LogP contribution in [0.25, 0.3) is 6.08 Å². The maximum atomic E-state index is 10.5. The molecular weight excluding hydrogens is 376 g/mol. The summed E-state index contributed by atoms with van der Waals surface area (Å²) in [6.45, 7) is 0. The fourth-order valence-corrected chi connectivity index (χ4v) is 3.54. The summed E-state index contributed by atoms with van der Waals surface area (Å²) < 4.78 is 7.65. The van der Waals surface area contributed by atoms with Gasteiger partial charge in [0.2, 0.25) is 0 Å². The molecule has 0 saturated heterocycles. The zero-order valence-electron chi connectivity index (χ0n) is 10.2. The van der Waals surface area contributed by atoms with Crippen molar-refractivity contribution in [2.45, 2.75) is 31.8 Å². The predicted octanol–water partition coefficient (Wildman–Crippen LogP) is 4.63. The summed E-state index contributed by atoms with van der Waals surface area (Å²) in [6.07, 6.45) is 7.59. The van der Waals surface area contributed by atoms with Crippen molar-refractivity contribution in [1.29, 1.82) is 0 Å². The average Bonchev–Trinajstić information content (AvgIpc) is 2.84. The van der Waals surface area contributed by atoms with E-state index in [-0.39, 0.29) is 6.10 Å². The van der Waals surface area contributed by atoms with E-state index in [9.17, 15) is 4.79 Å². The Morgan fingerprint density at radius 1 is 1.26 bits per heavy atom. The molecule has 1 aromatic carbocycles. The first-order valence-corrected chi connectivity index (χ1v) is 7.71. The molecule has 1 saturated carbocycles. The maximum Gasteiger partial charge on any atom is 0.328 e. The lowest BCUT2D eigenvalue weighted by molar-refractivity contribution is -0.131. The molecule has 2 rings (SSSR count). The van der Waals surface area contributed by atoms with Crippen LogP contribution in [-0.2, 0) is 4.79 Å². The molecule has 1 aliphatic rings. The van der Waals surface area contributed by atoms with Crippen LogP contribution in [-0.4, -0.2) is 17.2 Å². The topological polar surface area (TPSA) is 46.5 Å². The first-order chi connectivity index (χ1) is 9.06.